The van der Waals surface area contributed by atoms with Crippen molar-refractivity contribution in [3.63, 3.8) is 0 Å². The Morgan fingerprint density at radius 2 is 2.11 bits per heavy atom. The van der Waals surface area contributed by atoms with Crippen molar-refractivity contribution in [2.45, 2.75) is 38.6 Å². The predicted molar refractivity (Wildman–Crippen MR) is 68.7 cm³/mol. The number of rotatable bonds is 4. The van der Waals surface area contributed by atoms with E-state index < -0.39 is 11.5 Å². The van der Waals surface area contributed by atoms with Crippen LogP contribution in [0.15, 0.2) is 0 Å². The minimum Gasteiger partial charge on any atom is -0.481 e. The third kappa shape index (κ3) is 5.58. The maximum absolute atomic E-state index is 12.0. The van der Waals surface area contributed by atoms with E-state index in [1.165, 1.54) is 0 Å². The lowest BCUT2D eigenvalue weighted by Gasteiger charge is -2.30. The van der Waals surface area contributed by atoms with Crippen molar-refractivity contribution in [2.75, 3.05) is 19.6 Å². The van der Waals surface area contributed by atoms with Crippen LogP contribution in [0, 0.1) is 0 Å². The molecule has 0 aromatic heterocycles. The number of amides is 3. The summed E-state index contributed by atoms with van der Waals surface area (Å²) in [6.07, 6.45) is 0.662. The van der Waals surface area contributed by atoms with E-state index >= 15 is 0 Å². The lowest BCUT2D eigenvalue weighted by molar-refractivity contribution is -0.137. The van der Waals surface area contributed by atoms with Crippen LogP contribution in [0.1, 0.15) is 33.1 Å². The quantitative estimate of drug-likeness (QED) is 0.678. The van der Waals surface area contributed by atoms with E-state index in [4.69, 9.17) is 5.11 Å². The van der Waals surface area contributed by atoms with Crippen LogP contribution in [0.25, 0.3) is 0 Å². The molecule has 0 radical (unpaired) electrons. The maximum Gasteiger partial charge on any atom is 0.317 e. The van der Waals surface area contributed by atoms with Crippen LogP contribution in [0.4, 0.5) is 4.79 Å². The molecule has 7 nitrogen and oxygen atoms in total. The van der Waals surface area contributed by atoms with E-state index in [0.717, 1.165) is 0 Å². The molecule has 0 saturated carbocycles. The van der Waals surface area contributed by atoms with Crippen molar-refractivity contribution in [1.29, 1.82) is 0 Å². The fraction of sp³-hybridized carbons (Fsp3) is 0.750. The number of nitrogens with zero attached hydrogens (tertiary/aromatic N) is 1. The normalized spacial score (nSPS) is 16.5. The largest absolute Gasteiger partial charge is 0.481 e. The highest BCUT2D eigenvalue weighted by atomic mass is 16.4. The van der Waals surface area contributed by atoms with E-state index in [9.17, 15) is 14.4 Å². The number of carbonyl (C=O) groups is 3. The Balaban J connectivity index is 2.48. The Labute approximate surface area is 112 Å². The van der Waals surface area contributed by atoms with Crippen molar-refractivity contribution in [2.24, 2.45) is 0 Å². The molecule has 0 aromatic rings. The van der Waals surface area contributed by atoms with E-state index in [-0.39, 0.29) is 18.4 Å². The predicted octanol–water partition coefficient (Wildman–Crippen LogP) is 0.161. The van der Waals surface area contributed by atoms with Crippen molar-refractivity contribution < 1.29 is 19.5 Å². The number of hydrogen-bond acceptors (Lipinski definition) is 3. The molecule has 3 N–H and O–H groups in total. The highest BCUT2D eigenvalue weighted by Crippen LogP contribution is 2.12. The Kier molecular flexibility index (Phi) is 5.14. The molecule has 0 aliphatic carbocycles. The fourth-order valence-electron chi connectivity index (χ4n) is 1.82. The standard InChI is InChI=1S/C12H21N3O4/c1-12(2,5-3-10(17)18)14-11(19)15-7-4-9(16)13-6-8-15/h3-8H2,1-2H3,(H,13,16)(H,14,19)(H,17,18). The molecule has 0 bridgehead atoms. The zero-order chi connectivity index (χ0) is 14.5. The summed E-state index contributed by atoms with van der Waals surface area (Å²) in [7, 11) is 0. The van der Waals surface area contributed by atoms with Crippen LogP contribution in [-0.4, -0.2) is 53.1 Å². The summed E-state index contributed by atoms with van der Waals surface area (Å²) >= 11 is 0. The van der Waals surface area contributed by atoms with Gasteiger partial charge >= 0.3 is 12.0 Å². The SMILES string of the molecule is CC(C)(CCC(=O)O)NC(=O)N1CCNC(=O)CC1. The second-order valence-electron chi connectivity index (χ2n) is 5.29. The van der Waals surface area contributed by atoms with Crippen molar-refractivity contribution in [1.82, 2.24) is 15.5 Å². The molecule has 0 unspecified atom stereocenters. The summed E-state index contributed by atoms with van der Waals surface area (Å²) in [5.41, 5.74) is -0.584. The third-order valence-corrected chi connectivity index (χ3v) is 3.01. The van der Waals surface area contributed by atoms with Crippen molar-refractivity contribution in [3.05, 3.63) is 0 Å². The van der Waals surface area contributed by atoms with Gasteiger partial charge in [-0.15, -0.1) is 0 Å². The Morgan fingerprint density at radius 3 is 2.74 bits per heavy atom. The van der Waals surface area contributed by atoms with Crippen LogP contribution >= 0.6 is 0 Å². The Morgan fingerprint density at radius 1 is 1.42 bits per heavy atom. The van der Waals surface area contributed by atoms with Gasteiger partial charge in [0.2, 0.25) is 5.91 Å². The fourth-order valence-corrected chi connectivity index (χ4v) is 1.82. The van der Waals surface area contributed by atoms with Gasteiger partial charge in [-0.2, -0.15) is 0 Å². The van der Waals surface area contributed by atoms with Crippen molar-refractivity contribution in [3.8, 4) is 0 Å². The highest BCUT2D eigenvalue weighted by molar-refractivity contribution is 5.79. The number of nitrogens with one attached hydrogen (secondary N) is 2. The lowest BCUT2D eigenvalue weighted by atomic mass is 9.99. The summed E-state index contributed by atoms with van der Waals surface area (Å²) < 4.78 is 0. The molecular weight excluding hydrogens is 250 g/mol. The molecular formula is C12H21N3O4. The molecule has 0 aromatic carbocycles. The van der Waals surface area contributed by atoms with Crippen LogP contribution in [-0.2, 0) is 9.59 Å². The molecule has 108 valence electrons. The van der Waals surface area contributed by atoms with Gasteiger partial charge < -0.3 is 20.6 Å². The van der Waals surface area contributed by atoms with Crippen molar-refractivity contribution >= 4 is 17.9 Å². The first-order valence-electron chi connectivity index (χ1n) is 6.36. The van der Waals surface area contributed by atoms with Gasteiger partial charge in [-0.3, -0.25) is 9.59 Å². The van der Waals surface area contributed by atoms with E-state index in [1.54, 1.807) is 18.7 Å². The summed E-state index contributed by atoms with van der Waals surface area (Å²) in [6.45, 7) is 4.87. The van der Waals surface area contributed by atoms with Gasteiger partial charge in [-0.1, -0.05) is 0 Å². The molecule has 0 spiro atoms. The van der Waals surface area contributed by atoms with Gasteiger partial charge in [0.05, 0.1) is 0 Å². The first-order chi connectivity index (χ1) is 8.80. The molecule has 1 saturated heterocycles. The molecule has 1 fully saturated rings. The molecule has 19 heavy (non-hydrogen) atoms. The van der Waals surface area contributed by atoms with E-state index in [1.807, 2.05) is 0 Å². The van der Waals surface area contributed by atoms with Crippen LogP contribution < -0.4 is 10.6 Å². The highest BCUT2D eigenvalue weighted by Gasteiger charge is 2.25. The molecule has 1 heterocycles. The third-order valence-electron chi connectivity index (χ3n) is 3.01. The zero-order valence-corrected chi connectivity index (χ0v) is 11.4. The molecule has 7 heteroatoms. The lowest BCUT2D eigenvalue weighted by Crippen LogP contribution is -2.51. The maximum atomic E-state index is 12.0. The molecule has 0 atom stereocenters. The van der Waals surface area contributed by atoms with E-state index in [0.29, 0.717) is 32.5 Å². The van der Waals surface area contributed by atoms with Gasteiger partial charge in [-0.05, 0) is 20.3 Å². The summed E-state index contributed by atoms with van der Waals surface area (Å²) in [4.78, 5) is 35.3. The number of carboxylic acids is 1. The molecule has 1 aliphatic heterocycles. The number of hydrogen-bond donors (Lipinski definition) is 3. The minimum atomic E-state index is -0.883. The Bertz CT molecular complexity index is 368. The van der Waals surface area contributed by atoms with Gasteiger partial charge in [0, 0.05) is 38.0 Å². The molecule has 1 rings (SSSR count). The van der Waals surface area contributed by atoms with Gasteiger partial charge in [0.1, 0.15) is 0 Å². The summed E-state index contributed by atoms with van der Waals surface area (Å²) in [5, 5.41) is 14.2. The molecule has 3 amide bonds. The summed E-state index contributed by atoms with van der Waals surface area (Å²) in [5.74, 6) is -0.938. The second-order valence-corrected chi connectivity index (χ2v) is 5.29. The topological polar surface area (TPSA) is 98.7 Å². The van der Waals surface area contributed by atoms with Crippen LogP contribution in [0.2, 0.25) is 0 Å². The van der Waals surface area contributed by atoms with Gasteiger partial charge in [-0.25, -0.2) is 4.79 Å². The van der Waals surface area contributed by atoms with Crippen LogP contribution in [0.3, 0.4) is 0 Å². The number of carboxylic acid groups (broad SMARTS) is 1. The second kappa shape index (κ2) is 6.40. The number of carbonyl (C=O) groups excluding carboxylic acids is 2. The van der Waals surface area contributed by atoms with Crippen LogP contribution in [0.5, 0.6) is 0 Å². The monoisotopic (exact) mass is 271 g/mol. The number of urea groups is 1. The van der Waals surface area contributed by atoms with Gasteiger partial charge in [0.15, 0.2) is 0 Å². The smallest absolute Gasteiger partial charge is 0.317 e. The molecule has 1 aliphatic rings. The van der Waals surface area contributed by atoms with E-state index in [2.05, 4.69) is 10.6 Å². The number of aliphatic carboxylic acids is 1. The average Bonchev–Trinajstić information content (AvgIpc) is 2.51. The average molecular weight is 271 g/mol. The van der Waals surface area contributed by atoms with Gasteiger partial charge in [0.25, 0.3) is 0 Å². The minimum absolute atomic E-state index is 0.00726. The Hall–Kier alpha value is -1.79. The summed E-state index contributed by atoms with van der Waals surface area (Å²) in [6, 6.07) is -0.258. The zero-order valence-electron chi connectivity index (χ0n) is 11.4. The first-order valence-corrected chi connectivity index (χ1v) is 6.36. The first kappa shape index (κ1) is 15.3.